The standard InChI is InChI=1S/2C4H10.C2H8N2/c2*1-3-4-2;3-1-2-4/h2*3-4H2,1-2H3;1-4H2. The lowest BCUT2D eigenvalue weighted by molar-refractivity contribution is 0.886. The summed E-state index contributed by atoms with van der Waals surface area (Å²) in [5.41, 5.74) is 9.81. The minimum Gasteiger partial charge on any atom is -0.329 e. The van der Waals surface area contributed by atoms with Gasteiger partial charge in [0.1, 0.15) is 0 Å². The Morgan fingerprint density at radius 2 is 0.750 bits per heavy atom. The van der Waals surface area contributed by atoms with Crippen LogP contribution in [-0.4, -0.2) is 13.1 Å². The maximum Gasteiger partial charge on any atom is 0.00461 e. The summed E-state index contributed by atoms with van der Waals surface area (Å²) in [5.74, 6) is 0. The van der Waals surface area contributed by atoms with Crippen molar-refractivity contribution >= 4 is 0 Å². The fourth-order valence-corrected chi connectivity index (χ4v) is 0. The normalized spacial score (nSPS) is 7.50. The molecule has 0 aromatic rings. The largest absolute Gasteiger partial charge is 0.329 e. The summed E-state index contributed by atoms with van der Waals surface area (Å²) < 4.78 is 0. The molecule has 2 heteroatoms. The molecule has 0 atom stereocenters. The Hall–Kier alpha value is -0.0800. The highest BCUT2D eigenvalue weighted by atomic mass is 14.6. The van der Waals surface area contributed by atoms with Crippen molar-refractivity contribution in [1.82, 2.24) is 0 Å². The van der Waals surface area contributed by atoms with Crippen molar-refractivity contribution in [1.29, 1.82) is 0 Å². The van der Waals surface area contributed by atoms with Crippen LogP contribution < -0.4 is 11.5 Å². The second-order valence-electron chi connectivity index (χ2n) is 2.58. The maximum atomic E-state index is 4.90. The molecule has 0 heterocycles. The minimum absolute atomic E-state index is 0.597. The highest BCUT2D eigenvalue weighted by Gasteiger charge is 1.57. The topological polar surface area (TPSA) is 52.0 Å². The molecule has 0 fully saturated rings. The predicted octanol–water partition coefficient (Wildman–Crippen LogP) is 2.52. The second-order valence-corrected chi connectivity index (χ2v) is 2.58. The van der Waals surface area contributed by atoms with Gasteiger partial charge in [0.05, 0.1) is 0 Å². The van der Waals surface area contributed by atoms with E-state index in [-0.39, 0.29) is 0 Å². The molecule has 0 saturated carbocycles. The zero-order chi connectivity index (χ0) is 10.2. The lowest BCUT2D eigenvalue weighted by atomic mass is 10.4. The van der Waals surface area contributed by atoms with Crippen molar-refractivity contribution in [2.24, 2.45) is 11.5 Å². The van der Waals surface area contributed by atoms with Crippen LogP contribution in [0.4, 0.5) is 0 Å². The van der Waals surface area contributed by atoms with Crippen LogP contribution >= 0.6 is 0 Å². The van der Waals surface area contributed by atoms with Crippen LogP contribution in [0.1, 0.15) is 53.4 Å². The van der Waals surface area contributed by atoms with Crippen LogP contribution in [0.3, 0.4) is 0 Å². The van der Waals surface area contributed by atoms with E-state index >= 15 is 0 Å². The van der Waals surface area contributed by atoms with Gasteiger partial charge >= 0.3 is 0 Å². The molecule has 0 rings (SSSR count). The Labute approximate surface area is 78.7 Å². The van der Waals surface area contributed by atoms with Crippen molar-refractivity contribution in [3.63, 3.8) is 0 Å². The van der Waals surface area contributed by atoms with Crippen LogP contribution in [0.15, 0.2) is 0 Å². The molecule has 0 aromatic carbocycles. The van der Waals surface area contributed by atoms with Crippen molar-refractivity contribution in [2.45, 2.75) is 53.4 Å². The van der Waals surface area contributed by atoms with Gasteiger partial charge in [-0.15, -0.1) is 0 Å². The highest BCUT2D eigenvalue weighted by molar-refractivity contribution is 4.26. The molecule has 0 radical (unpaired) electrons. The molecule has 0 saturated heterocycles. The van der Waals surface area contributed by atoms with Gasteiger partial charge in [-0.25, -0.2) is 0 Å². The SMILES string of the molecule is CCCC.CCCC.NCCN. The van der Waals surface area contributed by atoms with Gasteiger partial charge in [-0.1, -0.05) is 53.4 Å². The Morgan fingerprint density at radius 3 is 0.750 bits per heavy atom. The molecule has 0 aliphatic heterocycles. The smallest absolute Gasteiger partial charge is 0.00461 e. The number of nitrogens with two attached hydrogens (primary N) is 2. The first-order valence-electron chi connectivity index (χ1n) is 5.14. The Bertz CT molecular complexity index is 23.3. The number of hydrogen-bond donors (Lipinski definition) is 2. The molecule has 0 unspecified atom stereocenters. The molecular weight excluding hydrogens is 148 g/mol. The van der Waals surface area contributed by atoms with Gasteiger partial charge in [-0.3, -0.25) is 0 Å². The Morgan fingerprint density at radius 1 is 0.583 bits per heavy atom. The van der Waals surface area contributed by atoms with E-state index in [0.29, 0.717) is 13.1 Å². The summed E-state index contributed by atoms with van der Waals surface area (Å²) >= 11 is 0. The lowest BCUT2D eigenvalue weighted by Crippen LogP contribution is -2.11. The molecule has 78 valence electrons. The minimum atomic E-state index is 0.597. The third-order valence-electron chi connectivity index (χ3n) is 1.17. The first-order chi connectivity index (χ1) is 5.74. The van der Waals surface area contributed by atoms with Crippen LogP contribution in [0.25, 0.3) is 0 Å². The average Bonchev–Trinajstić information content (AvgIpc) is 2.18. The van der Waals surface area contributed by atoms with Gasteiger partial charge in [-0.2, -0.15) is 0 Å². The van der Waals surface area contributed by atoms with Crippen molar-refractivity contribution in [3.05, 3.63) is 0 Å². The van der Waals surface area contributed by atoms with E-state index < -0.39 is 0 Å². The summed E-state index contributed by atoms with van der Waals surface area (Å²) in [7, 11) is 0. The van der Waals surface area contributed by atoms with Crippen LogP contribution in [0, 0.1) is 0 Å². The molecule has 0 aromatic heterocycles. The maximum absolute atomic E-state index is 4.90. The van der Waals surface area contributed by atoms with Gasteiger partial charge in [0.15, 0.2) is 0 Å². The van der Waals surface area contributed by atoms with Crippen LogP contribution in [0.5, 0.6) is 0 Å². The van der Waals surface area contributed by atoms with Gasteiger partial charge in [0.2, 0.25) is 0 Å². The summed E-state index contributed by atoms with van der Waals surface area (Å²) in [4.78, 5) is 0. The number of hydrogen-bond acceptors (Lipinski definition) is 2. The van der Waals surface area contributed by atoms with E-state index in [0.717, 1.165) is 0 Å². The molecule has 4 N–H and O–H groups in total. The summed E-state index contributed by atoms with van der Waals surface area (Å²) in [5, 5.41) is 0. The molecular formula is C10H28N2. The van der Waals surface area contributed by atoms with E-state index in [4.69, 9.17) is 11.5 Å². The van der Waals surface area contributed by atoms with Crippen LogP contribution in [0.2, 0.25) is 0 Å². The van der Waals surface area contributed by atoms with Crippen molar-refractivity contribution in [3.8, 4) is 0 Å². The van der Waals surface area contributed by atoms with Crippen molar-refractivity contribution in [2.75, 3.05) is 13.1 Å². The number of unbranched alkanes of at least 4 members (excludes halogenated alkanes) is 2. The van der Waals surface area contributed by atoms with Crippen molar-refractivity contribution < 1.29 is 0 Å². The second kappa shape index (κ2) is 30.7. The van der Waals surface area contributed by atoms with E-state index in [2.05, 4.69) is 27.7 Å². The van der Waals surface area contributed by atoms with E-state index in [1.54, 1.807) is 0 Å². The molecule has 0 aliphatic carbocycles. The lowest BCUT2D eigenvalue weighted by Gasteiger charge is -1.72. The molecule has 0 aliphatic rings. The monoisotopic (exact) mass is 176 g/mol. The van der Waals surface area contributed by atoms with Gasteiger partial charge in [-0.05, 0) is 0 Å². The van der Waals surface area contributed by atoms with E-state index in [9.17, 15) is 0 Å². The van der Waals surface area contributed by atoms with Gasteiger partial charge < -0.3 is 11.5 Å². The predicted molar refractivity (Wildman–Crippen MR) is 59.3 cm³/mol. The number of rotatable bonds is 3. The quantitative estimate of drug-likeness (QED) is 0.694. The third-order valence-corrected chi connectivity index (χ3v) is 1.17. The molecule has 0 amide bonds. The fraction of sp³-hybridized carbons (Fsp3) is 1.00. The zero-order valence-corrected chi connectivity index (χ0v) is 9.40. The Kier molecular flexibility index (Phi) is 45.6. The van der Waals surface area contributed by atoms with Gasteiger partial charge in [0.25, 0.3) is 0 Å². The van der Waals surface area contributed by atoms with Crippen LogP contribution in [-0.2, 0) is 0 Å². The molecule has 0 bridgehead atoms. The first-order valence-corrected chi connectivity index (χ1v) is 5.14. The fourth-order valence-electron chi connectivity index (χ4n) is 0. The zero-order valence-electron chi connectivity index (χ0n) is 9.40. The van der Waals surface area contributed by atoms with Gasteiger partial charge in [0, 0.05) is 13.1 Å². The Balaban J connectivity index is -0.000000101. The van der Waals surface area contributed by atoms with E-state index in [1.165, 1.54) is 25.7 Å². The highest BCUT2D eigenvalue weighted by Crippen LogP contribution is 1.77. The molecule has 12 heavy (non-hydrogen) atoms. The molecule has 2 nitrogen and oxygen atoms in total. The molecule has 0 spiro atoms. The summed E-state index contributed by atoms with van der Waals surface area (Å²) in [6.07, 6.45) is 5.28. The third kappa shape index (κ3) is 92.6. The summed E-state index contributed by atoms with van der Waals surface area (Å²) in [6, 6.07) is 0. The van der Waals surface area contributed by atoms with E-state index in [1.807, 2.05) is 0 Å². The first kappa shape index (κ1) is 17.9. The summed E-state index contributed by atoms with van der Waals surface area (Å²) in [6.45, 7) is 9.92. The average molecular weight is 176 g/mol.